The molecule has 2 unspecified atom stereocenters. The van der Waals surface area contributed by atoms with Crippen LogP contribution in [0, 0.1) is 5.92 Å². The van der Waals surface area contributed by atoms with Gasteiger partial charge < -0.3 is 15.2 Å². The van der Waals surface area contributed by atoms with Crippen molar-refractivity contribution in [2.45, 2.75) is 18.9 Å². The van der Waals surface area contributed by atoms with Crippen LogP contribution < -0.4 is 10.9 Å². The Kier molecular flexibility index (Phi) is 2.91. The van der Waals surface area contributed by atoms with Crippen molar-refractivity contribution < 1.29 is 4.79 Å². The van der Waals surface area contributed by atoms with Gasteiger partial charge in [-0.25, -0.2) is 0 Å². The monoisotopic (exact) mass is 247 g/mol. The number of carbonyl (C=O) groups is 1. The fraction of sp³-hybridized carbons (Fsp3) is 0.538. The summed E-state index contributed by atoms with van der Waals surface area (Å²) in [6.45, 7) is 2.62. The molecule has 2 aliphatic rings. The second kappa shape index (κ2) is 4.57. The Morgan fingerprint density at radius 3 is 3.06 bits per heavy atom. The van der Waals surface area contributed by atoms with Crippen LogP contribution in [0.3, 0.4) is 0 Å². The summed E-state index contributed by atoms with van der Waals surface area (Å²) < 4.78 is 0. The van der Waals surface area contributed by atoms with E-state index < -0.39 is 0 Å². The van der Waals surface area contributed by atoms with E-state index in [1.807, 2.05) is 4.90 Å². The van der Waals surface area contributed by atoms with Crippen LogP contribution in [0.5, 0.6) is 0 Å². The van der Waals surface area contributed by atoms with E-state index in [0.717, 1.165) is 19.6 Å². The van der Waals surface area contributed by atoms with Gasteiger partial charge >= 0.3 is 0 Å². The molecule has 2 atom stereocenters. The molecule has 0 aromatic carbocycles. The van der Waals surface area contributed by atoms with E-state index >= 15 is 0 Å². The van der Waals surface area contributed by atoms with Crippen LogP contribution in [0.15, 0.2) is 23.1 Å². The molecule has 18 heavy (non-hydrogen) atoms. The molecule has 96 valence electrons. The Balaban J connectivity index is 1.76. The first-order valence-corrected chi connectivity index (χ1v) is 6.45. The molecule has 2 fully saturated rings. The molecule has 0 spiro atoms. The lowest BCUT2D eigenvalue weighted by molar-refractivity contribution is 0.0785. The molecule has 3 rings (SSSR count). The average molecular weight is 247 g/mol. The highest BCUT2D eigenvalue weighted by molar-refractivity contribution is 5.94. The minimum Gasteiger partial charge on any atom is -0.337 e. The van der Waals surface area contributed by atoms with Crippen molar-refractivity contribution in [3.8, 4) is 0 Å². The number of fused-ring (bicyclic) bond motifs is 1. The lowest BCUT2D eigenvalue weighted by Gasteiger charge is -2.24. The fourth-order valence-corrected chi connectivity index (χ4v) is 2.97. The number of piperidine rings is 1. The van der Waals surface area contributed by atoms with Crippen LogP contribution >= 0.6 is 0 Å². The molecule has 1 aromatic rings. The van der Waals surface area contributed by atoms with Gasteiger partial charge in [0.05, 0.1) is 0 Å². The Morgan fingerprint density at radius 2 is 2.28 bits per heavy atom. The number of aromatic amines is 1. The van der Waals surface area contributed by atoms with Gasteiger partial charge in [-0.3, -0.25) is 9.59 Å². The lowest BCUT2D eigenvalue weighted by atomic mass is 9.94. The summed E-state index contributed by atoms with van der Waals surface area (Å²) in [4.78, 5) is 27.9. The highest BCUT2D eigenvalue weighted by atomic mass is 16.2. The molecule has 2 saturated heterocycles. The van der Waals surface area contributed by atoms with Crippen LogP contribution in [-0.4, -0.2) is 41.5 Å². The predicted octanol–water partition coefficient (Wildman–Crippen LogP) is 0.199. The van der Waals surface area contributed by atoms with Crippen LogP contribution in [-0.2, 0) is 0 Å². The minimum atomic E-state index is -0.226. The summed E-state index contributed by atoms with van der Waals surface area (Å²) in [5.74, 6) is 0.544. The Hall–Kier alpha value is -1.62. The number of pyridine rings is 1. The average Bonchev–Trinajstić information content (AvgIpc) is 2.81. The first-order chi connectivity index (χ1) is 8.74. The summed E-state index contributed by atoms with van der Waals surface area (Å²) in [5, 5.41) is 3.47. The van der Waals surface area contributed by atoms with Crippen LogP contribution in [0.25, 0.3) is 0 Å². The summed E-state index contributed by atoms with van der Waals surface area (Å²) in [6, 6.07) is 3.47. The number of nitrogens with zero attached hydrogens (tertiary/aromatic N) is 1. The molecule has 5 heteroatoms. The summed E-state index contributed by atoms with van der Waals surface area (Å²) >= 11 is 0. The number of amides is 1. The molecule has 0 saturated carbocycles. The van der Waals surface area contributed by atoms with E-state index in [1.165, 1.54) is 25.1 Å². The quantitative estimate of drug-likeness (QED) is 0.745. The summed E-state index contributed by atoms with van der Waals surface area (Å²) in [6.07, 6.45) is 3.90. The zero-order chi connectivity index (χ0) is 12.5. The van der Waals surface area contributed by atoms with Gasteiger partial charge in [-0.05, 0) is 31.4 Å². The molecule has 0 aliphatic carbocycles. The molecule has 1 amide bonds. The van der Waals surface area contributed by atoms with E-state index in [-0.39, 0.29) is 11.5 Å². The second-order valence-corrected chi connectivity index (χ2v) is 5.11. The maximum absolute atomic E-state index is 12.3. The second-order valence-electron chi connectivity index (χ2n) is 5.11. The van der Waals surface area contributed by atoms with E-state index in [9.17, 15) is 9.59 Å². The Morgan fingerprint density at radius 1 is 1.39 bits per heavy atom. The molecule has 0 bridgehead atoms. The van der Waals surface area contributed by atoms with E-state index in [1.54, 1.807) is 6.07 Å². The van der Waals surface area contributed by atoms with Gasteiger partial charge in [0, 0.05) is 37.0 Å². The van der Waals surface area contributed by atoms with Gasteiger partial charge in [0.2, 0.25) is 5.56 Å². The van der Waals surface area contributed by atoms with E-state index in [2.05, 4.69) is 10.3 Å². The predicted molar refractivity (Wildman–Crippen MR) is 67.5 cm³/mol. The molecule has 5 nitrogen and oxygen atoms in total. The molecular formula is C13H17N3O2. The van der Waals surface area contributed by atoms with E-state index in [4.69, 9.17) is 0 Å². The third-order valence-electron chi connectivity index (χ3n) is 3.91. The first kappa shape index (κ1) is 11.5. The highest BCUT2D eigenvalue weighted by Gasteiger charge is 2.36. The normalized spacial score (nSPS) is 27.0. The molecule has 1 aromatic heterocycles. The zero-order valence-electron chi connectivity index (χ0n) is 10.2. The topological polar surface area (TPSA) is 65.2 Å². The highest BCUT2D eigenvalue weighted by Crippen LogP contribution is 2.25. The standard InChI is InChI=1S/C13H17N3O2/c17-12-6-9(3-5-15-12)13(18)16-7-10-2-1-4-14-11(10)8-16/h3,5-6,10-11,14H,1-2,4,7-8H2,(H,15,17). The van der Waals surface area contributed by atoms with Gasteiger partial charge in [-0.1, -0.05) is 0 Å². The molecule has 2 aliphatic heterocycles. The number of hydrogen-bond donors (Lipinski definition) is 2. The number of nitrogens with one attached hydrogen (secondary N) is 2. The number of hydrogen-bond acceptors (Lipinski definition) is 3. The van der Waals surface area contributed by atoms with Crippen molar-refractivity contribution >= 4 is 5.91 Å². The summed E-state index contributed by atoms with van der Waals surface area (Å²) in [7, 11) is 0. The number of rotatable bonds is 1. The van der Waals surface area contributed by atoms with Crippen LogP contribution in [0.4, 0.5) is 0 Å². The Labute approximate surface area is 105 Å². The van der Waals surface area contributed by atoms with Gasteiger partial charge in [0.15, 0.2) is 0 Å². The maximum atomic E-state index is 12.3. The number of carbonyl (C=O) groups excluding carboxylic acids is 1. The number of aromatic nitrogens is 1. The largest absolute Gasteiger partial charge is 0.337 e. The van der Waals surface area contributed by atoms with Crippen molar-refractivity contribution in [3.05, 3.63) is 34.2 Å². The van der Waals surface area contributed by atoms with E-state index in [0.29, 0.717) is 17.5 Å². The number of likely N-dealkylation sites (tertiary alicyclic amines) is 1. The van der Waals surface area contributed by atoms with Gasteiger partial charge in [-0.2, -0.15) is 0 Å². The van der Waals surface area contributed by atoms with Crippen LogP contribution in [0.1, 0.15) is 23.2 Å². The SMILES string of the molecule is O=C(c1cc[nH]c(=O)c1)N1CC2CCCNC2C1. The van der Waals surface area contributed by atoms with Crippen molar-refractivity contribution in [1.82, 2.24) is 15.2 Å². The first-order valence-electron chi connectivity index (χ1n) is 6.45. The van der Waals surface area contributed by atoms with Gasteiger partial charge in [0.1, 0.15) is 0 Å². The fourth-order valence-electron chi connectivity index (χ4n) is 2.97. The minimum absolute atomic E-state index is 0.0303. The van der Waals surface area contributed by atoms with Crippen molar-refractivity contribution in [1.29, 1.82) is 0 Å². The van der Waals surface area contributed by atoms with Gasteiger partial charge in [0.25, 0.3) is 5.91 Å². The third kappa shape index (κ3) is 2.06. The molecule has 2 N–H and O–H groups in total. The zero-order valence-corrected chi connectivity index (χ0v) is 10.2. The van der Waals surface area contributed by atoms with Crippen molar-refractivity contribution in [3.63, 3.8) is 0 Å². The van der Waals surface area contributed by atoms with Gasteiger partial charge in [-0.15, -0.1) is 0 Å². The van der Waals surface area contributed by atoms with Crippen molar-refractivity contribution in [2.75, 3.05) is 19.6 Å². The lowest BCUT2D eigenvalue weighted by Crippen LogP contribution is -2.41. The summed E-state index contributed by atoms with van der Waals surface area (Å²) in [5.41, 5.74) is 0.257. The molecule has 0 radical (unpaired) electrons. The molecule has 3 heterocycles. The smallest absolute Gasteiger partial charge is 0.254 e. The maximum Gasteiger partial charge on any atom is 0.254 e. The third-order valence-corrected chi connectivity index (χ3v) is 3.91. The molecular weight excluding hydrogens is 230 g/mol. The van der Waals surface area contributed by atoms with Crippen molar-refractivity contribution in [2.24, 2.45) is 5.92 Å². The van der Waals surface area contributed by atoms with Crippen LogP contribution in [0.2, 0.25) is 0 Å². The number of H-pyrrole nitrogens is 1. The Bertz CT molecular complexity index is 497.